The van der Waals surface area contributed by atoms with Gasteiger partial charge in [-0.25, -0.2) is 15.2 Å². The topological polar surface area (TPSA) is 86.3 Å². The molecule has 0 heterocycles. The van der Waals surface area contributed by atoms with Gasteiger partial charge in [-0.3, -0.25) is 4.79 Å². The van der Waals surface area contributed by atoms with Crippen LogP contribution in [0, 0.1) is 0 Å². The van der Waals surface area contributed by atoms with Crippen molar-refractivity contribution in [1.29, 1.82) is 0 Å². The van der Waals surface area contributed by atoms with Crippen LogP contribution in [-0.2, 0) is 4.74 Å². The second-order valence-electron chi connectivity index (χ2n) is 3.57. The minimum atomic E-state index is -0.699. The first-order valence-electron chi connectivity index (χ1n) is 5.38. The fourth-order valence-electron chi connectivity index (χ4n) is 1.37. The number of ether oxygens (including phenoxy) is 1. The van der Waals surface area contributed by atoms with Gasteiger partial charge in [0.1, 0.15) is 5.56 Å². The number of nitrogens with zero attached hydrogens (tertiary/aromatic N) is 1. The van der Waals surface area contributed by atoms with E-state index in [0.29, 0.717) is 22.3 Å². The van der Waals surface area contributed by atoms with E-state index in [-0.39, 0.29) is 5.91 Å². The smallest absolute Gasteiger partial charge is 0.425 e. The molecule has 0 aliphatic heterocycles. The van der Waals surface area contributed by atoms with Gasteiger partial charge in [-0.05, 0) is 35.0 Å². The van der Waals surface area contributed by atoms with E-state index in [2.05, 4.69) is 47.8 Å². The molecule has 0 atom stereocenters. The van der Waals surface area contributed by atoms with Crippen LogP contribution in [0.4, 0.5) is 10.5 Å². The molecule has 8 heteroatoms. The molecule has 0 aromatic heterocycles. The minimum absolute atomic E-state index is 0.303. The third kappa shape index (κ3) is 3.92. The van der Waals surface area contributed by atoms with Crippen molar-refractivity contribution >= 4 is 49.5 Å². The summed E-state index contributed by atoms with van der Waals surface area (Å²) in [7, 11) is 1.23. The number of hydrogen-bond donors (Lipinski definition) is 2. The molecule has 1 rings (SSSR count). The van der Waals surface area contributed by atoms with E-state index in [0.717, 1.165) is 9.48 Å². The highest BCUT2D eigenvalue weighted by molar-refractivity contribution is 9.11. The summed E-state index contributed by atoms with van der Waals surface area (Å²) in [6, 6.07) is 3.44. The lowest BCUT2D eigenvalue weighted by atomic mass is 10.1. The van der Waals surface area contributed by atoms with Crippen LogP contribution in [0.25, 0.3) is 0 Å². The van der Waals surface area contributed by atoms with Gasteiger partial charge in [-0.15, -0.1) is 0 Å². The summed E-state index contributed by atoms with van der Waals surface area (Å²) in [5.41, 5.74) is 7.13. The van der Waals surface area contributed by atoms with E-state index >= 15 is 0 Å². The molecular weight excluding hydrogens is 382 g/mol. The molecule has 0 aliphatic carbocycles. The maximum absolute atomic E-state index is 12.3. The van der Waals surface area contributed by atoms with Gasteiger partial charge in [0.05, 0.1) is 11.6 Å². The summed E-state index contributed by atoms with van der Waals surface area (Å²) in [5, 5.41) is 1.16. The molecule has 0 bridgehead atoms. The summed E-state index contributed by atoms with van der Waals surface area (Å²) in [4.78, 5) is 23.5. The Hall–Kier alpha value is -1.12. The molecular formula is C11H14Br2N3O3+. The van der Waals surface area contributed by atoms with Crippen LogP contribution < -0.4 is 11.2 Å². The van der Waals surface area contributed by atoms with E-state index in [4.69, 9.17) is 0 Å². The van der Waals surface area contributed by atoms with E-state index in [1.54, 1.807) is 19.1 Å². The molecule has 0 saturated carbocycles. The predicted octanol–water partition coefficient (Wildman–Crippen LogP) is 1.82. The lowest BCUT2D eigenvalue weighted by Gasteiger charge is -2.21. The average Bonchev–Trinajstić information content (AvgIpc) is 2.38. The number of amides is 2. The Balaban J connectivity index is 3.07. The van der Waals surface area contributed by atoms with Gasteiger partial charge in [0.25, 0.3) is 5.91 Å². The van der Waals surface area contributed by atoms with Crippen molar-refractivity contribution in [2.45, 2.75) is 6.92 Å². The average molecular weight is 396 g/mol. The number of methoxy groups -OCH3 is 1. The molecule has 1 aromatic rings. The molecule has 2 amide bonds. The number of hydrogen-bond acceptors (Lipinski definition) is 3. The Morgan fingerprint density at radius 3 is 2.58 bits per heavy atom. The van der Waals surface area contributed by atoms with Crippen molar-refractivity contribution < 1.29 is 20.1 Å². The number of benzene rings is 1. The highest BCUT2D eigenvalue weighted by atomic mass is 79.9. The van der Waals surface area contributed by atoms with Gasteiger partial charge >= 0.3 is 6.09 Å². The molecule has 0 unspecified atom stereocenters. The van der Waals surface area contributed by atoms with Gasteiger partial charge in [0, 0.05) is 11.0 Å². The van der Waals surface area contributed by atoms with Gasteiger partial charge in [0.2, 0.25) is 0 Å². The van der Waals surface area contributed by atoms with Crippen LogP contribution in [0.1, 0.15) is 17.3 Å². The van der Waals surface area contributed by atoms with Crippen molar-refractivity contribution in [3.63, 3.8) is 0 Å². The fourth-order valence-corrected chi connectivity index (χ4v) is 2.59. The van der Waals surface area contributed by atoms with Crippen molar-refractivity contribution in [1.82, 2.24) is 10.4 Å². The van der Waals surface area contributed by atoms with Crippen LogP contribution in [0.3, 0.4) is 0 Å². The molecule has 104 valence electrons. The highest BCUT2D eigenvalue weighted by Gasteiger charge is 2.22. The summed E-state index contributed by atoms with van der Waals surface area (Å²) >= 11 is 6.64. The number of quaternary nitrogens is 1. The zero-order chi connectivity index (χ0) is 14.6. The SMILES string of the molecule is CCN(NC(=O)OC)C(=O)c1cc(Br)cc(Br)c1[NH3+]. The minimum Gasteiger partial charge on any atom is -0.452 e. The molecule has 0 radical (unpaired) electrons. The van der Waals surface area contributed by atoms with E-state index < -0.39 is 6.09 Å². The Morgan fingerprint density at radius 1 is 1.42 bits per heavy atom. The van der Waals surface area contributed by atoms with Crippen LogP contribution in [-0.4, -0.2) is 30.7 Å². The van der Waals surface area contributed by atoms with Crippen LogP contribution in [0.5, 0.6) is 0 Å². The van der Waals surface area contributed by atoms with Gasteiger partial charge in [-0.2, -0.15) is 0 Å². The highest BCUT2D eigenvalue weighted by Crippen LogP contribution is 2.27. The summed E-state index contributed by atoms with van der Waals surface area (Å²) in [6.07, 6.45) is -0.699. The fraction of sp³-hybridized carbons (Fsp3) is 0.273. The van der Waals surface area contributed by atoms with Crippen LogP contribution in [0.15, 0.2) is 21.1 Å². The van der Waals surface area contributed by atoms with Crippen molar-refractivity contribution in [2.75, 3.05) is 13.7 Å². The maximum atomic E-state index is 12.3. The number of rotatable bonds is 2. The second-order valence-corrected chi connectivity index (χ2v) is 5.34. The number of hydrazine groups is 1. The van der Waals surface area contributed by atoms with E-state index in [9.17, 15) is 9.59 Å². The van der Waals surface area contributed by atoms with E-state index in [1.807, 2.05) is 0 Å². The van der Waals surface area contributed by atoms with Gasteiger partial charge in [0.15, 0.2) is 5.69 Å². The third-order valence-corrected chi connectivity index (χ3v) is 3.53. The predicted molar refractivity (Wildman–Crippen MR) is 76.6 cm³/mol. The zero-order valence-electron chi connectivity index (χ0n) is 10.5. The van der Waals surface area contributed by atoms with Gasteiger partial charge < -0.3 is 10.5 Å². The first-order valence-corrected chi connectivity index (χ1v) is 6.96. The van der Waals surface area contributed by atoms with Crippen LogP contribution in [0.2, 0.25) is 0 Å². The first-order chi connectivity index (χ1) is 8.90. The van der Waals surface area contributed by atoms with Crippen molar-refractivity contribution in [3.8, 4) is 0 Å². The Kier molecular flexibility index (Phi) is 5.77. The second kappa shape index (κ2) is 6.88. The molecule has 1 aromatic carbocycles. The lowest BCUT2D eigenvalue weighted by Crippen LogP contribution is -2.49. The monoisotopic (exact) mass is 394 g/mol. The quantitative estimate of drug-likeness (QED) is 0.748. The van der Waals surface area contributed by atoms with Gasteiger partial charge in [-0.1, -0.05) is 15.9 Å². The lowest BCUT2D eigenvalue weighted by molar-refractivity contribution is -0.256. The number of carbonyl (C=O) groups is 2. The molecule has 4 N–H and O–H groups in total. The van der Waals surface area contributed by atoms with E-state index in [1.165, 1.54) is 7.11 Å². The molecule has 0 spiro atoms. The largest absolute Gasteiger partial charge is 0.452 e. The molecule has 0 saturated heterocycles. The first kappa shape index (κ1) is 15.9. The Morgan fingerprint density at radius 2 is 2.05 bits per heavy atom. The molecule has 6 nitrogen and oxygen atoms in total. The standard InChI is InChI=1S/C11H13Br2N3O3/c1-3-16(15-11(18)19-2)10(17)7-4-6(12)5-8(13)9(7)14/h4-5H,3,14H2,1-2H3,(H,15,18)/p+1. The molecule has 0 aliphatic rings. The summed E-state index contributed by atoms with van der Waals surface area (Å²) < 4.78 is 5.92. The Labute approximate surface area is 127 Å². The molecule has 19 heavy (non-hydrogen) atoms. The van der Waals surface area contributed by atoms with Crippen molar-refractivity contribution in [3.05, 3.63) is 26.6 Å². The summed E-state index contributed by atoms with van der Waals surface area (Å²) in [5.74, 6) is -0.361. The number of halogens is 2. The normalized spacial score (nSPS) is 9.95. The zero-order valence-corrected chi connectivity index (χ0v) is 13.7. The maximum Gasteiger partial charge on any atom is 0.425 e. The summed E-state index contributed by atoms with van der Waals surface area (Å²) in [6.45, 7) is 2.04. The number of carbonyl (C=O) groups excluding carboxylic acids is 2. The molecule has 0 fully saturated rings. The third-order valence-electron chi connectivity index (χ3n) is 2.36. The number of nitrogens with one attached hydrogen (secondary N) is 1. The Bertz CT molecular complexity index is 508. The van der Waals surface area contributed by atoms with Crippen molar-refractivity contribution in [2.24, 2.45) is 0 Å². The van der Waals surface area contributed by atoms with Crippen LogP contribution >= 0.6 is 31.9 Å².